The summed E-state index contributed by atoms with van der Waals surface area (Å²) in [4.78, 5) is 8.54. The molecule has 0 saturated heterocycles. The van der Waals surface area contributed by atoms with E-state index in [-0.39, 0.29) is 0 Å². The molecule has 1 aromatic carbocycles. The number of nitrogens with two attached hydrogens (primary N) is 1. The van der Waals surface area contributed by atoms with E-state index in [1.165, 1.54) is 0 Å². The highest BCUT2D eigenvalue weighted by molar-refractivity contribution is 5.85. The van der Waals surface area contributed by atoms with E-state index in [1.807, 2.05) is 35.9 Å². The summed E-state index contributed by atoms with van der Waals surface area (Å²) in [5, 5.41) is 0. The quantitative estimate of drug-likeness (QED) is 0.681. The maximum atomic E-state index is 5.83. The first-order valence-corrected chi connectivity index (χ1v) is 5.35. The zero-order valence-corrected chi connectivity index (χ0v) is 9.42. The third kappa shape index (κ3) is 1.65. The van der Waals surface area contributed by atoms with Crippen molar-refractivity contribution in [3.8, 4) is 0 Å². The third-order valence-electron chi connectivity index (χ3n) is 2.72. The molecule has 86 valence electrons. The van der Waals surface area contributed by atoms with E-state index in [2.05, 4.69) is 9.97 Å². The van der Waals surface area contributed by atoms with Gasteiger partial charge in [-0.05, 0) is 19.1 Å². The average Bonchev–Trinajstić information content (AvgIpc) is 2.87. The highest BCUT2D eigenvalue weighted by Crippen LogP contribution is 2.21. The Kier molecular flexibility index (Phi) is 2.11. The highest BCUT2D eigenvalue weighted by atomic mass is 16.3. The molecule has 0 radical (unpaired) electrons. The Bertz CT molecular complexity index is 668. The molecular formula is C12H12N4O. The number of aromatic nitrogens is 3. The minimum Gasteiger partial charge on any atom is -0.439 e. The molecule has 0 fully saturated rings. The Hall–Kier alpha value is -2.30. The highest BCUT2D eigenvalue weighted by Gasteiger charge is 2.09. The van der Waals surface area contributed by atoms with E-state index in [0.29, 0.717) is 18.1 Å². The molecular weight excluding hydrogens is 216 g/mol. The predicted octanol–water partition coefficient (Wildman–Crippen LogP) is 1.96. The summed E-state index contributed by atoms with van der Waals surface area (Å²) in [6, 6.07) is 5.54. The van der Waals surface area contributed by atoms with Crippen molar-refractivity contribution in [2.45, 2.75) is 13.5 Å². The van der Waals surface area contributed by atoms with E-state index in [9.17, 15) is 0 Å². The SMILES string of the molecule is Cc1nccn1Cc1nc2c(N)cccc2o1. The van der Waals surface area contributed by atoms with Crippen LogP contribution in [0.15, 0.2) is 35.0 Å². The number of para-hydroxylation sites is 1. The van der Waals surface area contributed by atoms with Crippen LogP contribution in [0.3, 0.4) is 0 Å². The van der Waals surface area contributed by atoms with Gasteiger partial charge in [0.25, 0.3) is 0 Å². The van der Waals surface area contributed by atoms with E-state index in [0.717, 1.165) is 16.9 Å². The Labute approximate surface area is 97.9 Å². The molecule has 5 heteroatoms. The Balaban J connectivity index is 2.02. The van der Waals surface area contributed by atoms with Crippen molar-refractivity contribution in [2.75, 3.05) is 5.73 Å². The van der Waals surface area contributed by atoms with Crippen molar-refractivity contribution in [1.82, 2.24) is 14.5 Å². The third-order valence-corrected chi connectivity index (χ3v) is 2.72. The number of benzene rings is 1. The maximum Gasteiger partial charge on any atom is 0.215 e. The first kappa shape index (κ1) is 9.89. The van der Waals surface area contributed by atoms with Gasteiger partial charge < -0.3 is 14.7 Å². The summed E-state index contributed by atoms with van der Waals surface area (Å²) >= 11 is 0. The summed E-state index contributed by atoms with van der Waals surface area (Å²) < 4.78 is 7.61. The van der Waals surface area contributed by atoms with Crippen LogP contribution in [0.5, 0.6) is 0 Å². The summed E-state index contributed by atoms with van der Waals surface area (Å²) in [5.41, 5.74) is 7.91. The molecule has 0 amide bonds. The van der Waals surface area contributed by atoms with Gasteiger partial charge in [-0.25, -0.2) is 9.97 Å². The molecule has 0 aliphatic heterocycles. The number of nitrogens with zero attached hydrogens (tertiary/aromatic N) is 3. The van der Waals surface area contributed by atoms with Crippen LogP contribution in [0, 0.1) is 6.92 Å². The summed E-state index contributed by atoms with van der Waals surface area (Å²) in [7, 11) is 0. The molecule has 2 aromatic heterocycles. The van der Waals surface area contributed by atoms with Gasteiger partial charge in [-0.3, -0.25) is 0 Å². The van der Waals surface area contributed by atoms with Crippen LogP contribution in [-0.2, 0) is 6.54 Å². The second kappa shape index (κ2) is 3.62. The van der Waals surface area contributed by atoms with Crippen LogP contribution < -0.4 is 5.73 Å². The summed E-state index contributed by atoms with van der Waals surface area (Å²) in [6.07, 6.45) is 3.65. The molecule has 0 bridgehead atoms. The lowest BCUT2D eigenvalue weighted by molar-refractivity contribution is 0.505. The molecule has 0 saturated carbocycles. The lowest BCUT2D eigenvalue weighted by Gasteiger charge is -1.99. The number of aryl methyl sites for hydroxylation is 1. The molecule has 0 atom stereocenters. The van der Waals surface area contributed by atoms with Crippen LogP contribution in [0.4, 0.5) is 5.69 Å². The molecule has 3 aromatic rings. The average molecular weight is 228 g/mol. The predicted molar refractivity (Wildman–Crippen MR) is 64.5 cm³/mol. The number of hydrogen-bond donors (Lipinski definition) is 1. The van der Waals surface area contributed by atoms with Crippen molar-refractivity contribution in [3.63, 3.8) is 0 Å². The van der Waals surface area contributed by atoms with Crippen molar-refractivity contribution < 1.29 is 4.42 Å². The van der Waals surface area contributed by atoms with Gasteiger partial charge in [0, 0.05) is 12.4 Å². The monoisotopic (exact) mass is 228 g/mol. The van der Waals surface area contributed by atoms with Gasteiger partial charge in [-0.2, -0.15) is 0 Å². The molecule has 2 heterocycles. The lowest BCUT2D eigenvalue weighted by atomic mass is 10.3. The Morgan fingerprint density at radius 3 is 3.00 bits per heavy atom. The smallest absolute Gasteiger partial charge is 0.215 e. The fourth-order valence-electron chi connectivity index (χ4n) is 1.80. The number of imidazole rings is 1. The van der Waals surface area contributed by atoms with E-state index < -0.39 is 0 Å². The zero-order chi connectivity index (χ0) is 11.8. The number of rotatable bonds is 2. The van der Waals surface area contributed by atoms with Crippen LogP contribution in [0.1, 0.15) is 11.7 Å². The molecule has 2 N–H and O–H groups in total. The topological polar surface area (TPSA) is 69.9 Å². The van der Waals surface area contributed by atoms with Gasteiger partial charge in [-0.1, -0.05) is 6.07 Å². The van der Waals surface area contributed by atoms with Crippen molar-refractivity contribution in [2.24, 2.45) is 0 Å². The van der Waals surface area contributed by atoms with Gasteiger partial charge in [0.05, 0.1) is 5.69 Å². The number of anilines is 1. The van der Waals surface area contributed by atoms with Gasteiger partial charge in [0.2, 0.25) is 5.89 Å². The first-order chi connectivity index (χ1) is 8.24. The van der Waals surface area contributed by atoms with Crippen molar-refractivity contribution in [3.05, 3.63) is 42.3 Å². The van der Waals surface area contributed by atoms with E-state index in [4.69, 9.17) is 10.2 Å². The second-order valence-corrected chi connectivity index (χ2v) is 3.90. The molecule has 0 spiro atoms. The molecule has 17 heavy (non-hydrogen) atoms. The van der Waals surface area contributed by atoms with Gasteiger partial charge in [-0.15, -0.1) is 0 Å². The fourth-order valence-corrected chi connectivity index (χ4v) is 1.80. The lowest BCUT2D eigenvalue weighted by Crippen LogP contribution is -2.00. The normalized spacial score (nSPS) is 11.1. The van der Waals surface area contributed by atoms with Gasteiger partial charge in [0.1, 0.15) is 17.9 Å². The van der Waals surface area contributed by atoms with Gasteiger partial charge in [0.15, 0.2) is 5.58 Å². The van der Waals surface area contributed by atoms with Crippen LogP contribution >= 0.6 is 0 Å². The molecule has 0 aliphatic rings. The molecule has 0 unspecified atom stereocenters. The van der Waals surface area contributed by atoms with E-state index >= 15 is 0 Å². The second-order valence-electron chi connectivity index (χ2n) is 3.90. The van der Waals surface area contributed by atoms with Crippen LogP contribution in [0.25, 0.3) is 11.1 Å². The number of nitrogen functional groups attached to an aromatic ring is 1. The van der Waals surface area contributed by atoms with Crippen LogP contribution in [-0.4, -0.2) is 14.5 Å². The Morgan fingerprint density at radius 2 is 2.29 bits per heavy atom. The summed E-state index contributed by atoms with van der Waals surface area (Å²) in [6.45, 7) is 2.51. The largest absolute Gasteiger partial charge is 0.439 e. The van der Waals surface area contributed by atoms with Crippen molar-refractivity contribution >= 4 is 16.8 Å². The molecule has 5 nitrogen and oxygen atoms in total. The van der Waals surface area contributed by atoms with E-state index in [1.54, 1.807) is 6.20 Å². The minimum absolute atomic E-state index is 0.569. The Morgan fingerprint density at radius 1 is 1.41 bits per heavy atom. The zero-order valence-electron chi connectivity index (χ0n) is 9.42. The first-order valence-electron chi connectivity index (χ1n) is 5.35. The number of hydrogen-bond acceptors (Lipinski definition) is 4. The number of oxazole rings is 1. The summed E-state index contributed by atoms with van der Waals surface area (Å²) in [5.74, 6) is 1.57. The standard InChI is InChI=1S/C12H12N4O/c1-8-14-5-6-16(8)7-11-15-12-9(13)3-2-4-10(12)17-11/h2-6H,7,13H2,1H3. The maximum absolute atomic E-state index is 5.83. The van der Waals surface area contributed by atoms with Crippen molar-refractivity contribution in [1.29, 1.82) is 0 Å². The number of fused-ring (bicyclic) bond motifs is 1. The fraction of sp³-hybridized carbons (Fsp3) is 0.167. The molecule has 3 rings (SSSR count). The van der Waals surface area contributed by atoms with Crippen LogP contribution in [0.2, 0.25) is 0 Å². The minimum atomic E-state index is 0.569. The van der Waals surface area contributed by atoms with Gasteiger partial charge >= 0.3 is 0 Å². The molecule has 0 aliphatic carbocycles.